The number of aromatic nitrogens is 1. The molecule has 0 bridgehead atoms. The summed E-state index contributed by atoms with van der Waals surface area (Å²) in [6.07, 6.45) is 1.07. The molecule has 0 aromatic carbocycles. The summed E-state index contributed by atoms with van der Waals surface area (Å²) in [6.45, 7) is 1.94. The second-order valence-corrected chi connectivity index (χ2v) is 3.75. The number of anilines is 3. The van der Waals surface area contributed by atoms with Crippen molar-refractivity contribution < 1.29 is 0 Å². The molecule has 5 N–H and O–H groups in total. The van der Waals surface area contributed by atoms with E-state index >= 15 is 0 Å². The van der Waals surface area contributed by atoms with E-state index in [2.05, 4.69) is 29.3 Å². The van der Waals surface area contributed by atoms with E-state index in [0.717, 1.165) is 25.3 Å². The van der Waals surface area contributed by atoms with Crippen molar-refractivity contribution in [3.05, 3.63) is 12.1 Å². The second kappa shape index (κ2) is 5.41. The van der Waals surface area contributed by atoms with Gasteiger partial charge in [0.15, 0.2) is 0 Å². The van der Waals surface area contributed by atoms with Crippen molar-refractivity contribution in [2.24, 2.45) is 0 Å². The lowest BCUT2D eigenvalue weighted by atomic mass is 10.3. The molecular formula is C10H19N5. The Labute approximate surface area is 90.5 Å². The van der Waals surface area contributed by atoms with Gasteiger partial charge in [-0.1, -0.05) is 0 Å². The molecule has 0 saturated heterocycles. The summed E-state index contributed by atoms with van der Waals surface area (Å²) in [7, 11) is 4.11. The van der Waals surface area contributed by atoms with E-state index in [9.17, 15) is 0 Å². The van der Waals surface area contributed by atoms with Crippen LogP contribution in [0.1, 0.15) is 6.42 Å². The first-order chi connectivity index (χ1) is 7.09. The Balaban J connectivity index is 2.35. The first kappa shape index (κ1) is 11.6. The molecular weight excluding hydrogens is 190 g/mol. The van der Waals surface area contributed by atoms with Crippen LogP contribution in [0.2, 0.25) is 0 Å². The third kappa shape index (κ3) is 4.03. The molecule has 0 aliphatic carbocycles. The SMILES string of the molecule is CN(C)CCCNc1ccc(N)c(N)n1. The maximum atomic E-state index is 5.59. The van der Waals surface area contributed by atoms with Gasteiger partial charge in [-0.3, -0.25) is 0 Å². The van der Waals surface area contributed by atoms with Gasteiger partial charge in [-0.05, 0) is 39.2 Å². The molecule has 0 saturated carbocycles. The predicted molar refractivity (Wildman–Crippen MR) is 64.7 cm³/mol. The summed E-state index contributed by atoms with van der Waals surface area (Å²) in [5, 5.41) is 3.19. The average Bonchev–Trinajstić information content (AvgIpc) is 2.18. The molecule has 5 heteroatoms. The minimum absolute atomic E-state index is 0.382. The maximum absolute atomic E-state index is 5.59. The van der Waals surface area contributed by atoms with Crippen LogP contribution >= 0.6 is 0 Å². The van der Waals surface area contributed by atoms with E-state index in [-0.39, 0.29) is 0 Å². The quantitative estimate of drug-likeness (QED) is 0.619. The number of hydrogen-bond acceptors (Lipinski definition) is 5. The van der Waals surface area contributed by atoms with Crippen molar-refractivity contribution >= 4 is 17.3 Å². The fraction of sp³-hybridized carbons (Fsp3) is 0.500. The lowest BCUT2D eigenvalue weighted by Gasteiger charge is -2.10. The monoisotopic (exact) mass is 209 g/mol. The van der Waals surface area contributed by atoms with Crippen molar-refractivity contribution in [2.75, 3.05) is 44.0 Å². The zero-order valence-electron chi connectivity index (χ0n) is 9.33. The summed E-state index contributed by atoms with van der Waals surface area (Å²) < 4.78 is 0. The number of nitrogens with zero attached hydrogens (tertiary/aromatic N) is 2. The van der Waals surface area contributed by atoms with Crippen molar-refractivity contribution in [1.29, 1.82) is 0 Å². The summed E-state index contributed by atoms with van der Waals surface area (Å²) in [5.74, 6) is 1.16. The number of rotatable bonds is 5. The first-order valence-corrected chi connectivity index (χ1v) is 5.00. The maximum Gasteiger partial charge on any atom is 0.149 e. The van der Waals surface area contributed by atoms with Crippen LogP contribution in [0.15, 0.2) is 12.1 Å². The molecule has 84 valence electrons. The van der Waals surface area contributed by atoms with Crippen LogP contribution in [0.25, 0.3) is 0 Å². The van der Waals surface area contributed by atoms with E-state index in [1.54, 1.807) is 6.07 Å². The van der Waals surface area contributed by atoms with Gasteiger partial charge < -0.3 is 21.7 Å². The fourth-order valence-corrected chi connectivity index (χ4v) is 1.20. The fourth-order valence-electron chi connectivity index (χ4n) is 1.20. The highest BCUT2D eigenvalue weighted by Gasteiger charge is 1.98. The van der Waals surface area contributed by atoms with Crippen LogP contribution < -0.4 is 16.8 Å². The van der Waals surface area contributed by atoms with E-state index in [4.69, 9.17) is 11.5 Å². The van der Waals surface area contributed by atoms with Crippen molar-refractivity contribution in [3.8, 4) is 0 Å². The Morgan fingerprint density at radius 2 is 2.07 bits per heavy atom. The highest BCUT2D eigenvalue weighted by Crippen LogP contribution is 2.14. The molecule has 0 atom stereocenters. The average molecular weight is 209 g/mol. The lowest BCUT2D eigenvalue weighted by Crippen LogP contribution is -2.16. The molecule has 1 aromatic rings. The minimum atomic E-state index is 0.382. The van der Waals surface area contributed by atoms with Gasteiger partial charge in [0.25, 0.3) is 0 Å². The molecule has 0 aliphatic heterocycles. The molecule has 0 aliphatic rings. The molecule has 15 heavy (non-hydrogen) atoms. The molecule has 1 aromatic heterocycles. The third-order valence-corrected chi connectivity index (χ3v) is 2.05. The van der Waals surface area contributed by atoms with Crippen LogP contribution in [-0.4, -0.2) is 37.1 Å². The van der Waals surface area contributed by atoms with Gasteiger partial charge in [-0.15, -0.1) is 0 Å². The normalized spacial score (nSPS) is 10.6. The highest BCUT2D eigenvalue weighted by molar-refractivity contribution is 5.61. The summed E-state index contributed by atoms with van der Waals surface area (Å²) >= 11 is 0. The van der Waals surface area contributed by atoms with Gasteiger partial charge >= 0.3 is 0 Å². The molecule has 0 spiro atoms. The first-order valence-electron chi connectivity index (χ1n) is 5.00. The van der Waals surface area contributed by atoms with Gasteiger partial charge in [-0.2, -0.15) is 0 Å². The van der Waals surface area contributed by atoms with Gasteiger partial charge in [0.05, 0.1) is 5.69 Å². The van der Waals surface area contributed by atoms with Gasteiger partial charge in [0.1, 0.15) is 11.6 Å². The third-order valence-electron chi connectivity index (χ3n) is 2.05. The zero-order valence-corrected chi connectivity index (χ0v) is 9.33. The van der Waals surface area contributed by atoms with E-state index in [1.165, 1.54) is 0 Å². The lowest BCUT2D eigenvalue weighted by molar-refractivity contribution is 0.405. The standard InChI is InChI=1S/C10H19N5/c1-15(2)7-3-6-13-9-5-4-8(11)10(12)14-9/h4-5H,3,6-7,11H2,1-2H3,(H3,12,13,14). The second-order valence-electron chi connectivity index (χ2n) is 3.75. The molecule has 0 radical (unpaired) electrons. The van der Waals surface area contributed by atoms with Gasteiger partial charge in [0.2, 0.25) is 0 Å². The number of nitrogen functional groups attached to an aromatic ring is 2. The largest absolute Gasteiger partial charge is 0.396 e. The Morgan fingerprint density at radius 1 is 1.33 bits per heavy atom. The predicted octanol–water partition coefficient (Wildman–Crippen LogP) is 0.610. The highest BCUT2D eigenvalue weighted by atomic mass is 15.1. The smallest absolute Gasteiger partial charge is 0.149 e. The summed E-state index contributed by atoms with van der Waals surface area (Å²) in [4.78, 5) is 6.26. The molecule has 0 unspecified atom stereocenters. The summed E-state index contributed by atoms with van der Waals surface area (Å²) in [6, 6.07) is 3.60. The van der Waals surface area contributed by atoms with Crippen LogP contribution in [0, 0.1) is 0 Å². The Morgan fingerprint density at radius 3 is 2.67 bits per heavy atom. The molecule has 0 fully saturated rings. The zero-order chi connectivity index (χ0) is 11.3. The van der Waals surface area contributed by atoms with Crippen LogP contribution in [0.4, 0.5) is 17.3 Å². The Hall–Kier alpha value is -1.49. The number of pyridine rings is 1. The summed E-state index contributed by atoms with van der Waals surface area (Å²) in [5.41, 5.74) is 11.7. The number of nitrogens with two attached hydrogens (primary N) is 2. The van der Waals surface area contributed by atoms with Crippen LogP contribution in [-0.2, 0) is 0 Å². The van der Waals surface area contributed by atoms with Crippen LogP contribution in [0.5, 0.6) is 0 Å². The van der Waals surface area contributed by atoms with Gasteiger partial charge in [-0.25, -0.2) is 4.98 Å². The molecule has 0 amide bonds. The van der Waals surface area contributed by atoms with E-state index in [0.29, 0.717) is 11.5 Å². The topological polar surface area (TPSA) is 80.2 Å². The van der Waals surface area contributed by atoms with E-state index in [1.807, 2.05) is 6.07 Å². The minimum Gasteiger partial charge on any atom is -0.396 e. The number of hydrogen-bond donors (Lipinski definition) is 3. The number of nitrogens with one attached hydrogen (secondary N) is 1. The van der Waals surface area contributed by atoms with Crippen LogP contribution in [0.3, 0.4) is 0 Å². The molecule has 1 rings (SSSR count). The van der Waals surface area contributed by atoms with Crippen molar-refractivity contribution in [1.82, 2.24) is 9.88 Å². The van der Waals surface area contributed by atoms with Crippen molar-refractivity contribution in [2.45, 2.75) is 6.42 Å². The van der Waals surface area contributed by atoms with Crippen molar-refractivity contribution in [3.63, 3.8) is 0 Å². The molecule has 1 heterocycles. The Bertz CT molecular complexity index is 311. The van der Waals surface area contributed by atoms with E-state index < -0.39 is 0 Å². The Kier molecular flexibility index (Phi) is 4.17. The van der Waals surface area contributed by atoms with Gasteiger partial charge in [0, 0.05) is 6.54 Å². The molecule has 5 nitrogen and oxygen atoms in total.